The highest BCUT2D eigenvalue weighted by Crippen LogP contribution is 2.14. The van der Waals surface area contributed by atoms with E-state index in [0.717, 1.165) is 11.1 Å². The Morgan fingerprint density at radius 1 is 1.04 bits per heavy atom. The molecule has 0 spiro atoms. The summed E-state index contributed by atoms with van der Waals surface area (Å²) in [6.45, 7) is 0.316. The Labute approximate surface area is 139 Å². The number of hydrogen-bond acceptors (Lipinski definition) is 5. The smallest absolute Gasteiger partial charge is 0.254 e. The summed E-state index contributed by atoms with van der Waals surface area (Å²) in [5.74, 6) is 0.829. The molecule has 6 nitrogen and oxygen atoms in total. The van der Waals surface area contributed by atoms with Crippen molar-refractivity contribution in [2.24, 2.45) is 0 Å². The Kier molecular flexibility index (Phi) is 4.76. The largest absolute Gasteiger partial charge is 0.481 e. The van der Waals surface area contributed by atoms with Gasteiger partial charge in [0.2, 0.25) is 5.88 Å². The molecule has 0 saturated heterocycles. The number of nitrogens with zero attached hydrogens (tertiary/aromatic N) is 3. The van der Waals surface area contributed by atoms with E-state index in [1.165, 1.54) is 12.4 Å². The van der Waals surface area contributed by atoms with E-state index in [-0.39, 0.29) is 5.91 Å². The number of rotatable bonds is 5. The molecule has 2 heterocycles. The van der Waals surface area contributed by atoms with E-state index < -0.39 is 0 Å². The minimum absolute atomic E-state index is 0.250. The third-order valence-corrected chi connectivity index (χ3v) is 3.43. The highest BCUT2D eigenvalue weighted by atomic mass is 16.5. The zero-order chi connectivity index (χ0) is 16.8. The fraction of sp³-hybridized carbons (Fsp3) is 0.111. The molecule has 0 radical (unpaired) electrons. The summed E-state index contributed by atoms with van der Waals surface area (Å²) < 4.78 is 5.16. The molecular weight excluding hydrogens is 304 g/mol. The molecule has 0 unspecified atom stereocenters. The van der Waals surface area contributed by atoms with Gasteiger partial charge in [0.1, 0.15) is 0 Å². The fourth-order valence-corrected chi connectivity index (χ4v) is 2.20. The second kappa shape index (κ2) is 7.32. The molecule has 0 aliphatic heterocycles. The van der Waals surface area contributed by atoms with Crippen molar-refractivity contribution in [3.63, 3.8) is 0 Å². The summed E-state index contributed by atoms with van der Waals surface area (Å²) in [7, 11) is 1.55. The topological polar surface area (TPSA) is 77.0 Å². The molecule has 2 aromatic heterocycles. The lowest BCUT2D eigenvalue weighted by Gasteiger charge is -2.08. The molecule has 3 aromatic rings. The zero-order valence-electron chi connectivity index (χ0n) is 13.1. The van der Waals surface area contributed by atoms with Gasteiger partial charge in [0, 0.05) is 36.3 Å². The summed E-state index contributed by atoms with van der Waals surface area (Å²) in [5, 5.41) is 2.81. The second-order valence-electron chi connectivity index (χ2n) is 5.02. The quantitative estimate of drug-likeness (QED) is 0.781. The monoisotopic (exact) mass is 320 g/mol. The van der Waals surface area contributed by atoms with Gasteiger partial charge in [-0.1, -0.05) is 36.4 Å². The molecule has 3 rings (SSSR count). The van der Waals surface area contributed by atoms with E-state index in [4.69, 9.17) is 4.74 Å². The summed E-state index contributed by atoms with van der Waals surface area (Å²) in [6, 6.07) is 13.2. The number of pyridine rings is 1. The lowest BCUT2D eigenvalue weighted by atomic mass is 10.2. The number of benzene rings is 1. The zero-order valence-corrected chi connectivity index (χ0v) is 13.1. The van der Waals surface area contributed by atoms with Crippen molar-refractivity contribution in [3.8, 4) is 17.3 Å². The number of carbonyl (C=O) groups is 1. The van der Waals surface area contributed by atoms with Gasteiger partial charge < -0.3 is 10.1 Å². The van der Waals surface area contributed by atoms with Gasteiger partial charge in [0.25, 0.3) is 5.91 Å². The van der Waals surface area contributed by atoms with Crippen molar-refractivity contribution in [2.75, 3.05) is 7.11 Å². The number of methoxy groups -OCH3 is 1. The van der Waals surface area contributed by atoms with Gasteiger partial charge in [-0.05, 0) is 6.07 Å². The Morgan fingerprint density at radius 3 is 2.50 bits per heavy atom. The highest BCUT2D eigenvalue weighted by molar-refractivity contribution is 5.93. The third-order valence-electron chi connectivity index (χ3n) is 3.43. The summed E-state index contributed by atoms with van der Waals surface area (Å²) in [6.07, 6.45) is 4.68. The second-order valence-corrected chi connectivity index (χ2v) is 5.02. The minimum atomic E-state index is -0.250. The summed E-state index contributed by atoms with van der Waals surface area (Å²) >= 11 is 0. The molecule has 24 heavy (non-hydrogen) atoms. The molecule has 0 aliphatic carbocycles. The van der Waals surface area contributed by atoms with Crippen LogP contribution in [0.3, 0.4) is 0 Å². The van der Waals surface area contributed by atoms with Crippen molar-refractivity contribution in [2.45, 2.75) is 6.54 Å². The molecule has 1 amide bonds. The Morgan fingerprint density at radius 2 is 1.79 bits per heavy atom. The van der Waals surface area contributed by atoms with Gasteiger partial charge in [-0.3, -0.25) is 4.79 Å². The first-order valence-corrected chi connectivity index (χ1v) is 7.41. The van der Waals surface area contributed by atoms with Crippen LogP contribution < -0.4 is 10.1 Å². The first-order chi connectivity index (χ1) is 11.8. The van der Waals surface area contributed by atoms with Crippen LogP contribution >= 0.6 is 0 Å². The van der Waals surface area contributed by atoms with Crippen LogP contribution in [0.15, 0.2) is 61.1 Å². The van der Waals surface area contributed by atoms with Gasteiger partial charge in [-0.25, -0.2) is 15.0 Å². The van der Waals surface area contributed by atoms with Crippen LogP contribution in [0.4, 0.5) is 0 Å². The third kappa shape index (κ3) is 3.55. The number of amides is 1. The molecule has 1 aromatic carbocycles. The fourth-order valence-electron chi connectivity index (χ4n) is 2.20. The Bertz CT molecular complexity index is 820. The lowest BCUT2D eigenvalue weighted by Crippen LogP contribution is -2.23. The van der Waals surface area contributed by atoms with Gasteiger partial charge in [0.15, 0.2) is 5.82 Å². The van der Waals surface area contributed by atoms with Crippen LogP contribution in [0.25, 0.3) is 11.4 Å². The summed E-state index contributed by atoms with van der Waals surface area (Å²) in [5.41, 5.74) is 2.11. The maximum Gasteiger partial charge on any atom is 0.254 e. The number of hydrogen-bond donors (Lipinski definition) is 1. The van der Waals surface area contributed by atoms with Crippen molar-refractivity contribution >= 4 is 5.91 Å². The standard InChI is InChI=1S/C18H16N4O2/c1-24-18-14(8-5-9-19-18)10-22-17(23)15-11-20-16(21-12-15)13-6-3-2-4-7-13/h2-9,11-12H,10H2,1H3,(H,22,23). The minimum Gasteiger partial charge on any atom is -0.481 e. The van der Waals surface area contributed by atoms with Crippen LogP contribution in [0.1, 0.15) is 15.9 Å². The van der Waals surface area contributed by atoms with Crippen LogP contribution in [-0.4, -0.2) is 28.0 Å². The van der Waals surface area contributed by atoms with Crippen LogP contribution in [0.2, 0.25) is 0 Å². The number of ether oxygens (including phenoxy) is 1. The van der Waals surface area contributed by atoms with E-state index in [9.17, 15) is 4.79 Å². The van der Waals surface area contributed by atoms with E-state index >= 15 is 0 Å². The van der Waals surface area contributed by atoms with E-state index in [1.807, 2.05) is 36.4 Å². The van der Waals surface area contributed by atoms with Crippen molar-refractivity contribution in [1.29, 1.82) is 0 Å². The van der Waals surface area contributed by atoms with E-state index in [0.29, 0.717) is 23.8 Å². The van der Waals surface area contributed by atoms with Gasteiger partial charge in [0.05, 0.1) is 12.7 Å². The molecule has 6 heteroatoms. The maximum atomic E-state index is 12.2. The van der Waals surface area contributed by atoms with E-state index in [1.54, 1.807) is 19.4 Å². The van der Waals surface area contributed by atoms with Crippen LogP contribution in [0.5, 0.6) is 5.88 Å². The molecule has 0 aliphatic rings. The normalized spacial score (nSPS) is 10.2. The molecule has 0 atom stereocenters. The molecule has 120 valence electrons. The average molecular weight is 320 g/mol. The Balaban J connectivity index is 1.67. The van der Waals surface area contributed by atoms with E-state index in [2.05, 4.69) is 20.3 Å². The number of aromatic nitrogens is 3. The Hall–Kier alpha value is -3.28. The summed E-state index contributed by atoms with van der Waals surface area (Å²) in [4.78, 5) is 24.8. The molecule has 1 N–H and O–H groups in total. The lowest BCUT2D eigenvalue weighted by molar-refractivity contribution is 0.0950. The SMILES string of the molecule is COc1ncccc1CNC(=O)c1cnc(-c2ccccc2)nc1. The number of nitrogens with one attached hydrogen (secondary N) is 1. The average Bonchev–Trinajstić information content (AvgIpc) is 2.67. The first-order valence-electron chi connectivity index (χ1n) is 7.41. The van der Waals surface area contributed by atoms with Crippen molar-refractivity contribution < 1.29 is 9.53 Å². The molecular formula is C18H16N4O2. The van der Waals surface area contributed by atoms with Gasteiger partial charge >= 0.3 is 0 Å². The molecule has 0 saturated carbocycles. The van der Waals surface area contributed by atoms with Crippen molar-refractivity contribution in [1.82, 2.24) is 20.3 Å². The van der Waals surface area contributed by atoms with Gasteiger partial charge in [-0.2, -0.15) is 0 Å². The number of carbonyl (C=O) groups excluding carboxylic acids is 1. The highest BCUT2D eigenvalue weighted by Gasteiger charge is 2.10. The van der Waals surface area contributed by atoms with Crippen molar-refractivity contribution in [3.05, 3.63) is 72.2 Å². The molecule has 0 bridgehead atoms. The first kappa shape index (κ1) is 15.6. The predicted octanol–water partition coefficient (Wildman–Crippen LogP) is 2.48. The predicted molar refractivity (Wildman–Crippen MR) is 89.4 cm³/mol. The van der Waals surface area contributed by atoms with Crippen LogP contribution in [0, 0.1) is 0 Å². The maximum absolute atomic E-state index is 12.2. The van der Waals surface area contributed by atoms with Crippen LogP contribution in [-0.2, 0) is 6.54 Å². The van der Waals surface area contributed by atoms with Gasteiger partial charge in [-0.15, -0.1) is 0 Å². The molecule has 0 fully saturated rings.